The van der Waals surface area contributed by atoms with Crippen molar-refractivity contribution in [1.29, 1.82) is 0 Å². The third kappa shape index (κ3) is 3.97. The Morgan fingerprint density at radius 1 is 1.37 bits per heavy atom. The maximum Gasteiger partial charge on any atom is 0.232 e. The largest absolute Gasteiger partial charge is 0.444 e. The SMILES string of the molecule is O=S(=O)(CCCCl)Nc1cccc(-c2cnco2)c1. The van der Waals surface area contributed by atoms with Crippen LogP contribution in [0, 0.1) is 0 Å². The third-order valence-corrected chi connectivity index (χ3v) is 4.04. The Bertz CT molecular complexity index is 626. The molecule has 0 radical (unpaired) electrons. The number of hydrogen-bond acceptors (Lipinski definition) is 4. The summed E-state index contributed by atoms with van der Waals surface area (Å²) < 4.78 is 31.2. The molecule has 0 bridgehead atoms. The van der Waals surface area contributed by atoms with Crippen molar-refractivity contribution >= 4 is 27.3 Å². The molecule has 0 unspecified atom stereocenters. The van der Waals surface area contributed by atoms with Crippen molar-refractivity contribution in [3.05, 3.63) is 36.9 Å². The van der Waals surface area contributed by atoms with Crippen LogP contribution >= 0.6 is 11.6 Å². The number of halogens is 1. The molecule has 1 aromatic heterocycles. The van der Waals surface area contributed by atoms with Gasteiger partial charge in [-0.05, 0) is 18.6 Å². The Morgan fingerprint density at radius 2 is 2.21 bits per heavy atom. The van der Waals surface area contributed by atoms with E-state index in [1.165, 1.54) is 6.39 Å². The summed E-state index contributed by atoms with van der Waals surface area (Å²) in [5.74, 6) is 0.906. The van der Waals surface area contributed by atoms with E-state index in [0.717, 1.165) is 5.56 Å². The van der Waals surface area contributed by atoms with Crippen molar-refractivity contribution in [2.75, 3.05) is 16.4 Å². The predicted molar refractivity (Wildman–Crippen MR) is 74.7 cm³/mol. The fourth-order valence-corrected chi connectivity index (χ4v) is 2.97. The van der Waals surface area contributed by atoms with Gasteiger partial charge < -0.3 is 4.42 Å². The van der Waals surface area contributed by atoms with Gasteiger partial charge in [-0.2, -0.15) is 0 Å². The second-order valence-electron chi connectivity index (χ2n) is 3.91. The lowest BCUT2D eigenvalue weighted by molar-refractivity contribution is 0.572. The first-order valence-electron chi connectivity index (χ1n) is 5.66. The first-order chi connectivity index (χ1) is 9.11. The van der Waals surface area contributed by atoms with E-state index in [2.05, 4.69) is 9.71 Å². The van der Waals surface area contributed by atoms with Crippen LogP contribution in [0.3, 0.4) is 0 Å². The molecular weight excluding hydrogens is 288 g/mol. The van der Waals surface area contributed by atoms with Crippen molar-refractivity contribution in [1.82, 2.24) is 4.98 Å². The lowest BCUT2D eigenvalue weighted by Crippen LogP contribution is -2.16. The minimum absolute atomic E-state index is 0.00301. The number of hydrogen-bond donors (Lipinski definition) is 1. The molecule has 1 heterocycles. The Labute approximate surface area is 116 Å². The molecule has 0 fully saturated rings. The van der Waals surface area contributed by atoms with Crippen molar-refractivity contribution < 1.29 is 12.8 Å². The molecule has 0 aliphatic rings. The number of anilines is 1. The van der Waals surface area contributed by atoms with Crippen LogP contribution in [0.25, 0.3) is 11.3 Å². The average molecular weight is 301 g/mol. The molecule has 0 saturated heterocycles. The number of rotatable bonds is 6. The Kier molecular flexibility index (Phi) is 4.44. The maximum absolute atomic E-state index is 11.8. The number of oxazole rings is 1. The monoisotopic (exact) mass is 300 g/mol. The molecule has 1 aromatic carbocycles. The fourth-order valence-electron chi connectivity index (χ4n) is 1.57. The molecule has 0 spiro atoms. The standard InChI is InChI=1S/C12H13ClN2O3S/c13-5-2-6-19(16,17)15-11-4-1-3-10(7-11)12-8-14-9-18-12/h1,3-4,7-9,15H,2,5-6H2. The number of nitrogens with zero attached hydrogens (tertiary/aromatic N) is 1. The minimum atomic E-state index is -3.36. The van der Waals surface area contributed by atoms with Crippen LogP contribution in [0.2, 0.25) is 0 Å². The number of sulfonamides is 1. The maximum atomic E-state index is 11.8. The van der Waals surface area contributed by atoms with Gasteiger partial charge >= 0.3 is 0 Å². The zero-order valence-electron chi connectivity index (χ0n) is 10.0. The highest BCUT2D eigenvalue weighted by atomic mass is 35.5. The quantitative estimate of drug-likeness (QED) is 0.833. The van der Waals surface area contributed by atoms with Crippen LogP contribution in [0.15, 0.2) is 41.3 Å². The van der Waals surface area contributed by atoms with Gasteiger partial charge in [-0.25, -0.2) is 13.4 Å². The molecule has 0 aliphatic heterocycles. The summed E-state index contributed by atoms with van der Waals surface area (Å²) in [7, 11) is -3.36. The van der Waals surface area contributed by atoms with Gasteiger partial charge in [0, 0.05) is 17.1 Å². The molecule has 0 saturated carbocycles. The topological polar surface area (TPSA) is 72.2 Å². The van der Waals surface area contributed by atoms with Crippen LogP contribution in [0.4, 0.5) is 5.69 Å². The van der Waals surface area contributed by atoms with Crippen molar-refractivity contribution in [3.8, 4) is 11.3 Å². The van der Waals surface area contributed by atoms with Crippen molar-refractivity contribution in [3.63, 3.8) is 0 Å². The van der Waals surface area contributed by atoms with E-state index in [0.29, 0.717) is 23.7 Å². The summed E-state index contributed by atoms with van der Waals surface area (Å²) in [5, 5.41) is 0. The van der Waals surface area contributed by atoms with E-state index >= 15 is 0 Å². The van der Waals surface area contributed by atoms with Crippen LogP contribution in [0.1, 0.15) is 6.42 Å². The molecule has 5 nitrogen and oxygen atoms in total. The number of alkyl halides is 1. The van der Waals surface area contributed by atoms with Gasteiger partial charge in [0.1, 0.15) is 0 Å². The molecule has 0 aliphatic carbocycles. The van der Waals surface area contributed by atoms with Crippen LogP contribution < -0.4 is 4.72 Å². The van der Waals surface area contributed by atoms with E-state index < -0.39 is 10.0 Å². The lowest BCUT2D eigenvalue weighted by atomic mass is 10.2. The third-order valence-electron chi connectivity index (χ3n) is 2.40. The Morgan fingerprint density at radius 3 is 2.89 bits per heavy atom. The predicted octanol–water partition coefficient (Wildman–Crippen LogP) is 2.71. The average Bonchev–Trinajstić information content (AvgIpc) is 2.90. The first kappa shape index (κ1) is 13.9. The number of aromatic nitrogens is 1. The van der Waals surface area contributed by atoms with E-state index in [4.69, 9.17) is 16.0 Å². The summed E-state index contributed by atoms with van der Waals surface area (Å²) in [6.07, 6.45) is 3.31. The number of benzene rings is 1. The summed E-state index contributed by atoms with van der Waals surface area (Å²) in [5.41, 5.74) is 1.25. The summed E-state index contributed by atoms with van der Waals surface area (Å²) in [4.78, 5) is 3.82. The van der Waals surface area contributed by atoms with Gasteiger partial charge in [-0.15, -0.1) is 11.6 Å². The van der Waals surface area contributed by atoms with E-state index in [9.17, 15) is 8.42 Å². The normalized spacial score (nSPS) is 11.4. The molecule has 0 atom stereocenters. The highest BCUT2D eigenvalue weighted by molar-refractivity contribution is 7.92. The van der Waals surface area contributed by atoms with Crippen LogP contribution in [-0.2, 0) is 10.0 Å². The molecule has 2 rings (SSSR count). The van der Waals surface area contributed by atoms with Gasteiger partial charge in [0.2, 0.25) is 10.0 Å². The molecule has 1 N–H and O–H groups in total. The lowest BCUT2D eigenvalue weighted by Gasteiger charge is -2.08. The van der Waals surface area contributed by atoms with Gasteiger partial charge in [0.15, 0.2) is 12.2 Å². The molecule has 2 aromatic rings. The Hall–Kier alpha value is -1.53. The summed E-state index contributed by atoms with van der Waals surface area (Å²) in [6.45, 7) is 0. The van der Waals surface area contributed by atoms with Gasteiger partial charge in [0.25, 0.3) is 0 Å². The van der Waals surface area contributed by atoms with E-state index in [1.807, 2.05) is 6.07 Å². The zero-order valence-corrected chi connectivity index (χ0v) is 11.6. The number of nitrogens with one attached hydrogen (secondary N) is 1. The van der Waals surface area contributed by atoms with E-state index in [-0.39, 0.29) is 5.75 Å². The molecular formula is C12H13ClN2O3S. The van der Waals surface area contributed by atoms with Crippen molar-refractivity contribution in [2.45, 2.75) is 6.42 Å². The fraction of sp³-hybridized carbons (Fsp3) is 0.250. The van der Waals surface area contributed by atoms with E-state index in [1.54, 1.807) is 24.4 Å². The molecule has 7 heteroatoms. The Balaban J connectivity index is 2.16. The molecule has 19 heavy (non-hydrogen) atoms. The highest BCUT2D eigenvalue weighted by Gasteiger charge is 2.10. The second-order valence-corrected chi connectivity index (χ2v) is 6.13. The second kappa shape index (κ2) is 6.08. The van der Waals surface area contributed by atoms with Crippen LogP contribution in [0.5, 0.6) is 0 Å². The zero-order chi connectivity index (χ0) is 13.7. The molecule has 0 amide bonds. The first-order valence-corrected chi connectivity index (χ1v) is 7.85. The molecule has 102 valence electrons. The van der Waals surface area contributed by atoms with Gasteiger partial charge in [-0.3, -0.25) is 4.72 Å². The summed E-state index contributed by atoms with van der Waals surface area (Å²) in [6, 6.07) is 6.94. The highest BCUT2D eigenvalue weighted by Crippen LogP contribution is 2.22. The summed E-state index contributed by atoms with van der Waals surface area (Å²) >= 11 is 5.49. The smallest absolute Gasteiger partial charge is 0.232 e. The van der Waals surface area contributed by atoms with Gasteiger partial charge in [-0.1, -0.05) is 12.1 Å². The minimum Gasteiger partial charge on any atom is -0.444 e. The van der Waals surface area contributed by atoms with Crippen molar-refractivity contribution in [2.24, 2.45) is 0 Å². The van der Waals surface area contributed by atoms with Gasteiger partial charge in [0.05, 0.1) is 11.9 Å². The van der Waals surface area contributed by atoms with Crippen LogP contribution in [-0.4, -0.2) is 25.0 Å².